The first kappa shape index (κ1) is 76.9. The summed E-state index contributed by atoms with van der Waals surface area (Å²) in [4.78, 5) is 38.2. The molecule has 0 aliphatic rings. The minimum absolute atomic E-state index is 0.0733. The van der Waals surface area contributed by atoms with Gasteiger partial charge >= 0.3 is 17.9 Å². The standard InChI is InChI=1S/C74H132O6/c1-4-7-10-13-16-19-21-23-25-27-29-31-33-35-37-39-41-43-45-47-49-51-53-55-58-61-64-67-73(76)79-70-71(69-78-72(75)66-63-60-57-18-15-12-9-6-3)80-74(77)68-65-62-59-56-54-52-50-48-46-44-42-40-38-36-34-32-30-28-26-24-22-20-17-14-11-8-5-2/h21-24,27-30,33-36,71H,4-20,25-26,31-32,37-70H2,1-3H3/b23-21-,24-22-,29-27-,30-28-,35-33-,36-34-. The Morgan fingerprint density at radius 1 is 0.250 bits per heavy atom. The van der Waals surface area contributed by atoms with E-state index in [1.165, 1.54) is 238 Å². The summed E-state index contributed by atoms with van der Waals surface area (Å²) in [6.45, 7) is 6.63. The fraction of sp³-hybridized carbons (Fsp3) is 0.797. The molecule has 80 heavy (non-hydrogen) atoms. The maximum Gasteiger partial charge on any atom is 0.306 e. The van der Waals surface area contributed by atoms with E-state index in [1.54, 1.807) is 0 Å². The van der Waals surface area contributed by atoms with Gasteiger partial charge in [-0.25, -0.2) is 0 Å². The first-order valence-electron chi connectivity index (χ1n) is 34.9. The Morgan fingerprint density at radius 2 is 0.450 bits per heavy atom. The third kappa shape index (κ3) is 65.7. The summed E-state index contributed by atoms with van der Waals surface area (Å²) in [5.74, 6) is -0.864. The summed E-state index contributed by atoms with van der Waals surface area (Å²) in [6.07, 6.45) is 89.4. The summed E-state index contributed by atoms with van der Waals surface area (Å²) in [5.41, 5.74) is 0. The van der Waals surface area contributed by atoms with Crippen LogP contribution in [0.25, 0.3) is 0 Å². The highest BCUT2D eigenvalue weighted by molar-refractivity contribution is 5.71. The fourth-order valence-electron chi connectivity index (χ4n) is 10.2. The number of unbranched alkanes of at least 4 members (excludes halogenated alkanes) is 41. The zero-order valence-electron chi connectivity index (χ0n) is 53.3. The predicted octanol–water partition coefficient (Wildman–Crippen LogP) is 24.1. The average Bonchev–Trinajstić information content (AvgIpc) is 3.46. The Kier molecular flexibility index (Phi) is 65.7. The number of allylic oxidation sites excluding steroid dienone is 12. The van der Waals surface area contributed by atoms with E-state index in [9.17, 15) is 14.4 Å². The lowest BCUT2D eigenvalue weighted by atomic mass is 10.0. The van der Waals surface area contributed by atoms with Gasteiger partial charge in [0.15, 0.2) is 6.10 Å². The molecule has 0 fully saturated rings. The normalized spacial score (nSPS) is 12.5. The molecule has 0 bridgehead atoms. The minimum atomic E-state index is -0.775. The average molecular weight is 1120 g/mol. The molecular weight excluding hydrogens is 985 g/mol. The Hall–Kier alpha value is -3.15. The van der Waals surface area contributed by atoms with Crippen LogP contribution in [0.5, 0.6) is 0 Å². The summed E-state index contributed by atoms with van der Waals surface area (Å²) in [7, 11) is 0. The van der Waals surface area contributed by atoms with Gasteiger partial charge in [0, 0.05) is 19.3 Å². The molecule has 0 aliphatic carbocycles. The van der Waals surface area contributed by atoms with Gasteiger partial charge in [-0.05, 0) is 96.3 Å². The van der Waals surface area contributed by atoms with Crippen LogP contribution in [-0.4, -0.2) is 37.2 Å². The largest absolute Gasteiger partial charge is 0.462 e. The minimum Gasteiger partial charge on any atom is -0.462 e. The molecule has 0 aliphatic heterocycles. The van der Waals surface area contributed by atoms with Crippen molar-refractivity contribution in [3.63, 3.8) is 0 Å². The van der Waals surface area contributed by atoms with Crippen LogP contribution in [0.3, 0.4) is 0 Å². The number of carbonyl (C=O) groups is 3. The van der Waals surface area contributed by atoms with Crippen LogP contribution in [0.4, 0.5) is 0 Å². The maximum absolute atomic E-state index is 12.9. The molecule has 0 rings (SSSR count). The summed E-state index contributed by atoms with van der Waals surface area (Å²) < 4.78 is 16.9. The first-order chi connectivity index (χ1) is 39.5. The number of hydrogen-bond donors (Lipinski definition) is 0. The summed E-state index contributed by atoms with van der Waals surface area (Å²) in [5, 5.41) is 0. The fourth-order valence-corrected chi connectivity index (χ4v) is 10.2. The highest BCUT2D eigenvalue weighted by Gasteiger charge is 2.19. The number of rotatable bonds is 64. The van der Waals surface area contributed by atoms with E-state index in [-0.39, 0.29) is 31.1 Å². The van der Waals surface area contributed by atoms with Crippen LogP contribution < -0.4 is 0 Å². The van der Waals surface area contributed by atoms with Crippen molar-refractivity contribution in [1.29, 1.82) is 0 Å². The monoisotopic (exact) mass is 1120 g/mol. The summed E-state index contributed by atoms with van der Waals surface area (Å²) >= 11 is 0. The second-order valence-corrected chi connectivity index (χ2v) is 23.4. The molecule has 0 aromatic rings. The second-order valence-electron chi connectivity index (χ2n) is 23.4. The third-order valence-corrected chi connectivity index (χ3v) is 15.4. The molecule has 6 heteroatoms. The van der Waals surface area contributed by atoms with E-state index < -0.39 is 6.10 Å². The number of esters is 3. The SMILES string of the molecule is CCCCCCC/C=C\C/C=C\C/C=C\CCCCCCCCCCCCCCC(=O)OCC(COC(=O)CCCCCCCCCC)OC(=O)CCCCCCCCCCCCCC/C=C\C/C=C\C/C=C\CCCCCCC. The lowest BCUT2D eigenvalue weighted by Crippen LogP contribution is -2.30. The van der Waals surface area contributed by atoms with Gasteiger partial charge in [0.05, 0.1) is 0 Å². The van der Waals surface area contributed by atoms with Crippen molar-refractivity contribution < 1.29 is 28.6 Å². The van der Waals surface area contributed by atoms with Crippen LogP contribution in [0.15, 0.2) is 72.9 Å². The molecule has 0 saturated carbocycles. The van der Waals surface area contributed by atoms with E-state index >= 15 is 0 Å². The Balaban J connectivity index is 4.13. The quantitative estimate of drug-likeness (QED) is 0.0261. The molecule has 464 valence electrons. The Bertz CT molecular complexity index is 1470. The zero-order chi connectivity index (χ0) is 57.8. The Morgan fingerprint density at radius 3 is 0.700 bits per heavy atom. The van der Waals surface area contributed by atoms with Gasteiger partial charge in [-0.2, -0.15) is 0 Å². The van der Waals surface area contributed by atoms with E-state index in [0.29, 0.717) is 19.3 Å². The maximum atomic E-state index is 12.9. The van der Waals surface area contributed by atoms with E-state index in [4.69, 9.17) is 14.2 Å². The van der Waals surface area contributed by atoms with Crippen molar-refractivity contribution in [1.82, 2.24) is 0 Å². The molecule has 1 unspecified atom stereocenters. The molecule has 0 saturated heterocycles. The third-order valence-electron chi connectivity index (χ3n) is 15.4. The van der Waals surface area contributed by atoms with Crippen LogP contribution >= 0.6 is 0 Å². The van der Waals surface area contributed by atoms with Gasteiger partial charge in [0.25, 0.3) is 0 Å². The number of hydrogen-bond acceptors (Lipinski definition) is 6. The van der Waals surface area contributed by atoms with E-state index in [1.807, 2.05) is 0 Å². The molecule has 0 heterocycles. The number of carbonyl (C=O) groups excluding carboxylic acids is 3. The van der Waals surface area contributed by atoms with Crippen LogP contribution in [0.2, 0.25) is 0 Å². The van der Waals surface area contributed by atoms with Crippen LogP contribution in [0.1, 0.15) is 361 Å². The van der Waals surface area contributed by atoms with Gasteiger partial charge in [0.2, 0.25) is 0 Å². The second kappa shape index (κ2) is 68.3. The molecule has 0 aromatic heterocycles. The van der Waals surface area contributed by atoms with Crippen molar-refractivity contribution in [3.05, 3.63) is 72.9 Å². The highest BCUT2D eigenvalue weighted by atomic mass is 16.6. The van der Waals surface area contributed by atoms with Crippen LogP contribution in [-0.2, 0) is 28.6 Å². The van der Waals surface area contributed by atoms with Gasteiger partial charge in [-0.3, -0.25) is 14.4 Å². The highest BCUT2D eigenvalue weighted by Crippen LogP contribution is 2.17. The lowest BCUT2D eigenvalue weighted by molar-refractivity contribution is -0.167. The summed E-state index contributed by atoms with van der Waals surface area (Å²) in [6, 6.07) is 0. The Labute approximate surface area is 497 Å². The molecular formula is C74H132O6. The van der Waals surface area contributed by atoms with E-state index in [2.05, 4.69) is 93.7 Å². The zero-order valence-corrected chi connectivity index (χ0v) is 53.3. The van der Waals surface area contributed by atoms with Gasteiger partial charge in [-0.15, -0.1) is 0 Å². The first-order valence-corrected chi connectivity index (χ1v) is 34.9. The molecule has 1 atom stereocenters. The van der Waals surface area contributed by atoms with Crippen molar-refractivity contribution in [2.45, 2.75) is 367 Å². The molecule has 0 N–H and O–H groups in total. The molecule has 0 aromatic carbocycles. The van der Waals surface area contributed by atoms with Crippen molar-refractivity contribution >= 4 is 17.9 Å². The van der Waals surface area contributed by atoms with Crippen molar-refractivity contribution in [2.24, 2.45) is 0 Å². The van der Waals surface area contributed by atoms with Gasteiger partial charge < -0.3 is 14.2 Å². The molecule has 0 spiro atoms. The lowest BCUT2D eigenvalue weighted by Gasteiger charge is -2.18. The van der Waals surface area contributed by atoms with Crippen molar-refractivity contribution in [3.8, 4) is 0 Å². The molecule has 0 amide bonds. The smallest absolute Gasteiger partial charge is 0.306 e. The molecule has 6 nitrogen and oxygen atoms in total. The van der Waals surface area contributed by atoms with Crippen molar-refractivity contribution in [2.75, 3.05) is 13.2 Å². The van der Waals surface area contributed by atoms with Gasteiger partial charge in [0.1, 0.15) is 13.2 Å². The number of ether oxygens (including phenoxy) is 3. The topological polar surface area (TPSA) is 78.9 Å². The van der Waals surface area contributed by atoms with Gasteiger partial charge in [-0.1, -0.05) is 318 Å². The predicted molar refractivity (Wildman–Crippen MR) is 348 cm³/mol. The van der Waals surface area contributed by atoms with E-state index in [0.717, 1.165) is 83.5 Å². The molecule has 0 radical (unpaired) electrons. The van der Waals surface area contributed by atoms with Crippen LogP contribution in [0, 0.1) is 0 Å².